The van der Waals surface area contributed by atoms with Gasteiger partial charge in [-0.1, -0.05) is 30.3 Å². The number of carbonyl (C=O) groups excluding carboxylic acids is 4. The minimum Gasteiger partial charge on any atom is -0.350 e. The van der Waals surface area contributed by atoms with E-state index in [-0.39, 0.29) is 63.6 Å². The molecule has 2 atom stereocenters. The van der Waals surface area contributed by atoms with E-state index in [9.17, 15) is 32.3 Å². The molecular formula is C29H40F3N7O4. The van der Waals surface area contributed by atoms with E-state index in [2.05, 4.69) is 10.6 Å². The number of nitrogens with one attached hydrogen (secondary N) is 2. The van der Waals surface area contributed by atoms with Crippen LogP contribution in [0.4, 0.5) is 13.2 Å². The molecule has 11 nitrogen and oxygen atoms in total. The summed E-state index contributed by atoms with van der Waals surface area (Å²) in [6, 6.07) is 10.9. The number of hydrogen-bond acceptors (Lipinski definition) is 7. The summed E-state index contributed by atoms with van der Waals surface area (Å²) in [7, 11) is 1.50. The number of alkyl halides is 3. The van der Waals surface area contributed by atoms with E-state index in [1.807, 2.05) is 30.3 Å². The van der Waals surface area contributed by atoms with Crippen molar-refractivity contribution >= 4 is 23.6 Å². The monoisotopic (exact) mass is 607 g/mol. The van der Waals surface area contributed by atoms with Crippen LogP contribution < -0.4 is 27.8 Å². The van der Waals surface area contributed by atoms with Gasteiger partial charge in [0.2, 0.25) is 17.7 Å². The van der Waals surface area contributed by atoms with Gasteiger partial charge in [-0.2, -0.15) is 13.2 Å². The number of aryl methyl sites for hydroxylation is 1. The minimum absolute atomic E-state index is 0.00752. The highest BCUT2D eigenvalue weighted by atomic mass is 19.4. The summed E-state index contributed by atoms with van der Waals surface area (Å²) in [6.45, 7) is 1.04. The van der Waals surface area contributed by atoms with Crippen molar-refractivity contribution in [2.75, 3.05) is 46.3 Å². The van der Waals surface area contributed by atoms with Crippen LogP contribution in [0.15, 0.2) is 54.6 Å². The van der Waals surface area contributed by atoms with E-state index in [1.54, 1.807) is 0 Å². The zero-order valence-electron chi connectivity index (χ0n) is 24.1. The molecule has 0 saturated carbocycles. The van der Waals surface area contributed by atoms with E-state index in [1.165, 1.54) is 16.8 Å². The summed E-state index contributed by atoms with van der Waals surface area (Å²) in [5, 5.41) is 5.23. The molecule has 0 aromatic heterocycles. The Morgan fingerprint density at radius 2 is 1.51 bits per heavy atom. The summed E-state index contributed by atoms with van der Waals surface area (Å²) >= 11 is 0. The van der Waals surface area contributed by atoms with Crippen LogP contribution in [-0.4, -0.2) is 91.8 Å². The van der Waals surface area contributed by atoms with Gasteiger partial charge in [0, 0.05) is 51.9 Å². The van der Waals surface area contributed by atoms with Crippen LogP contribution >= 0.6 is 0 Å². The maximum Gasteiger partial charge on any atom is 0.416 e. The normalized spacial score (nSPS) is 12.6. The van der Waals surface area contributed by atoms with Gasteiger partial charge in [-0.05, 0) is 42.7 Å². The first-order valence-corrected chi connectivity index (χ1v) is 13.9. The quantitative estimate of drug-likeness (QED) is 0.184. The zero-order valence-corrected chi connectivity index (χ0v) is 24.1. The topological polar surface area (TPSA) is 177 Å². The number of benzene rings is 2. The maximum atomic E-state index is 13.3. The molecule has 0 bridgehead atoms. The lowest BCUT2D eigenvalue weighted by molar-refractivity contribution is -0.138. The van der Waals surface area contributed by atoms with Gasteiger partial charge < -0.3 is 37.6 Å². The van der Waals surface area contributed by atoms with E-state index >= 15 is 0 Å². The Morgan fingerprint density at radius 3 is 2.07 bits per heavy atom. The molecular weight excluding hydrogens is 567 g/mol. The minimum atomic E-state index is -4.51. The highest BCUT2D eigenvalue weighted by Gasteiger charge is 2.30. The lowest BCUT2D eigenvalue weighted by Gasteiger charge is -2.27. The van der Waals surface area contributed by atoms with Crippen LogP contribution in [0.25, 0.3) is 0 Å². The first kappa shape index (κ1) is 35.2. The van der Waals surface area contributed by atoms with Crippen molar-refractivity contribution in [3.8, 4) is 0 Å². The molecule has 0 aliphatic carbocycles. The van der Waals surface area contributed by atoms with Crippen LogP contribution in [0, 0.1) is 0 Å². The second-order valence-electron chi connectivity index (χ2n) is 9.95. The fourth-order valence-electron chi connectivity index (χ4n) is 4.20. The SMILES string of the molecule is CN(CCNC(=O)c1ccc(C(F)(F)F)cc1)C(=O)[C@H](CCc1ccccc1)NC(=O)C(N)CC(=O)N(CCN)CCN. The first-order valence-electron chi connectivity index (χ1n) is 13.9. The Bertz CT molecular complexity index is 1190. The maximum absolute atomic E-state index is 13.3. The van der Waals surface area contributed by atoms with Crippen LogP contribution in [0.5, 0.6) is 0 Å². The molecule has 0 heterocycles. The van der Waals surface area contributed by atoms with Crippen molar-refractivity contribution in [3.05, 3.63) is 71.3 Å². The number of likely N-dealkylation sites (N-methyl/N-ethyl adjacent to an activating group) is 1. The molecule has 2 aromatic rings. The molecule has 2 rings (SSSR count). The van der Waals surface area contributed by atoms with E-state index < -0.39 is 41.5 Å². The smallest absolute Gasteiger partial charge is 0.350 e. The van der Waals surface area contributed by atoms with E-state index in [0.29, 0.717) is 6.42 Å². The molecule has 14 heteroatoms. The van der Waals surface area contributed by atoms with Crippen LogP contribution in [0.3, 0.4) is 0 Å². The Kier molecular flexibility index (Phi) is 14.1. The molecule has 0 aliphatic heterocycles. The van der Waals surface area contributed by atoms with Gasteiger partial charge in [0.1, 0.15) is 6.04 Å². The van der Waals surface area contributed by atoms with Crippen molar-refractivity contribution in [3.63, 3.8) is 0 Å². The number of carbonyl (C=O) groups is 4. The Morgan fingerprint density at radius 1 is 0.907 bits per heavy atom. The Hall–Kier alpha value is -4.01. The van der Waals surface area contributed by atoms with Gasteiger partial charge in [0.15, 0.2) is 0 Å². The summed E-state index contributed by atoms with van der Waals surface area (Å²) in [5.41, 5.74) is 17.2. The van der Waals surface area contributed by atoms with Crippen LogP contribution in [0.2, 0.25) is 0 Å². The van der Waals surface area contributed by atoms with Gasteiger partial charge in [-0.25, -0.2) is 0 Å². The van der Waals surface area contributed by atoms with Crippen LogP contribution in [0.1, 0.15) is 34.3 Å². The molecule has 0 fully saturated rings. The van der Waals surface area contributed by atoms with Gasteiger partial charge >= 0.3 is 6.18 Å². The predicted molar refractivity (Wildman–Crippen MR) is 155 cm³/mol. The fourth-order valence-corrected chi connectivity index (χ4v) is 4.20. The average molecular weight is 608 g/mol. The number of amides is 4. The van der Waals surface area contributed by atoms with Gasteiger partial charge in [0.25, 0.3) is 5.91 Å². The molecule has 2 aromatic carbocycles. The summed E-state index contributed by atoms with van der Waals surface area (Å²) in [6.07, 6.45) is -4.11. The lowest BCUT2D eigenvalue weighted by Crippen LogP contribution is -2.54. The van der Waals surface area contributed by atoms with Crippen molar-refractivity contribution in [1.82, 2.24) is 20.4 Å². The van der Waals surface area contributed by atoms with E-state index in [4.69, 9.17) is 17.2 Å². The van der Waals surface area contributed by atoms with Gasteiger partial charge in [0.05, 0.1) is 18.0 Å². The Balaban J connectivity index is 2.01. The number of rotatable bonds is 16. The highest BCUT2D eigenvalue weighted by Crippen LogP contribution is 2.29. The van der Waals surface area contributed by atoms with Crippen molar-refractivity contribution < 1.29 is 32.3 Å². The molecule has 4 amide bonds. The molecule has 1 unspecified atom stereocenters. The second-order valence-corrected chi connectivity index (χ2v) is 9.95. The van der Waals surface area contributed by atoms with Crippen molar-refractivity contribution in [2.24, 2.45) is 17.2 Å². The third-order valence-corrected chi connectivity index (χ3v) is 6.64. The first-order chi connectivity index (χ1) is 20.4. The number of nitrogens with two attached hydrogens (primary N) is 3. The molecule has 236 valence electrons. The summed E-state index contributed by atoms with van der Waals surface area (Å²) in [4.78, 5) is 54.0. The summed E-state index contributed by atoms with van der Waals surface area (Å²) in [5.74, 6) is -2.10. The molecule has 0 aliphatic rings. The highest BCUT2D eigenvalue weighted by molar-refractivity contribution is 5.94. The number of hydrogen-bond donors (Lipinski definition) is 5. The molecule has 0 spiro atoms. The number of halogens is 3. The second kappa shape index (κ2) is 17.2. The fraction of sp³-hybridized carbons (Fsp3) is 0.448. The third kappa shape index (κ3) is 11.7. The van der Waals surface area contributed by atoms with Gasteiger partial charge in [-0.15, -0.1) is 0 Å². The zero-order chi connectivity index (χ0) is 32.0. The van der Waals surface area contributed by atoms with Crippen molar-refractivity contribution in [2.45, 2.75) is 37.5 Å². The molecule has 8 N–H and O–H groups in total. The predicted octanol–water partition coefficient (Wildman–Crippen LogP) is 0.475. The number of nitrogens with zero attached hydrogens (tertiary/aromatic N) is 2. The summed E-state index contributed by atoms with van der Waals surface area (Å²) < 4.78 is 38.3. The van der Waals surface area contributed by atoms with Crippen LogP contribution in [-0.2, 0) is 27.0 Å². The third-order valence-electron chi connectivity index (χ3n) is 6.64. The molecule has 0 radical (unpaired) electrons. The van der Waals surface area contributed by atoms with Gasteiger partial charge in [-0.3, -0.25) is 19.2 Å². The molecule has 0 saturated heterocycles. The molecule has 43 heavy (non-hydrogen) atoms. The largest absolute Gasteiger partial charge is 0.416 e. The lowest BCUT2D eigenvalue weighted by atomic mass is 10.0. The average Bonchev–Trinajstić information content (AvgIpc) is 2.98. The standard InChI is InChI=1S/C29H40F3N7O4/c1-38(18-15-36-26(41)21-8-10-22(11-9-21)29(30,31)32)28(43)24(12-7-20-5-3-2-4-6-20)37-27(42)23(35)19-25(40)39(16-13-33)17-14-34/h2-6,8-11,23-24H,7,12-19,33-35H2,1H3,(H,36,41)(H,37,42)/t23?,24-/m0/s1. The van der Waals surface area contributed by atoms with Crippen molar-refractivity contribution in [1.29, 1.82) is 0 Å². The Labute approximate surface area is 248 Å². The van der Waals surface area contributed by atoms with E-state index in [0.717, 1.165) is 29.8 Å².